The van der Waals surface area contributed by atoms with Crippen molar-refractivity contribution < 1.29 is 63.1 Å². The number of aliphatic carboxylic acids is 1. The highest BCUT2D eigenvalue weighted by Gasteiger charge is 2.44. The first kappa shape index (κ1) is 45.9. The van der Waals surface area contributed by atoms with E-state index in [0.29, 0.717) is 12.0 Å². The Balaban J connectivity index is 1.56. The quantitative estimate of drug-likeness (QED) is 0.0531. The molecule has 0 aromatic heterocycles. The Morgan fingerprint density at radius 2 is 1.69 bits per heavy atom. The Kier molecular flexibility index (Phi) is 16.4. The highest BCUT2D eigenvalue weighted by atomic mass is 127. The van der Waals surface area contributed by atoms with Crippen molar-refractivity contribution in [1.82, 2.24) is 20.4 Å². The number of carbonyl (C=O) groups is 7. The van der Waals surface area contributed by atoms with E-state index in [1.54, 1.807) is 13.8 Å². The molecule has 0 saturated carbocycles. The minimum atomic E-state index is -1.76. The van der Waals surface area contributed by atoms with Crippen LogP contribution in [-0.2, 0) is 44.8 Å². The molecule has 5 amide bonds. The second-order valence-electron chi connectivity index (χ2n) is 14.5. The number of halogens is 2. The van der Waals surface area contributed by atoms with Crippen LogP contribution in [0.4, 0.5) is 10.5 Å². The van der Waals surface area contributed by atoms with E-state index in [4.69, 9.17) is 14.2 Å². The Morgan fingerprint density at radius 3 is 2.29 bits per heavy atom. The number of ketones is 1. The summed E-state index contributed by atoms with van der Waals surface area (Å²) in [5, 5.41) is 37.8. The number of aliphatic hydroxyl groups excluding tert-OH is 2. The molecule has 2 aliphatic rings. The molecule has 2 aliphatic heterocycles. The standard InChI is InChI=1S/C35H47I2N5O13/c1-34(2,17-35(3,4)32(37)42-24(46)9-10-25(42)47)22(44)15-39-29(36)30(49)38-12-11-23(45)40-19-13-18(16-53-33(52)41(5)6)7-8-21(19)54-26-14-20(43)27(48)28(55-26)31(50)51/h7-10,13,20,26-29,32,39,43,48H,11-12,14-17H2,1-6H3,(H,38,49)(H,40,45)(H,50,51)/t20-,26-,27+,28+,29?,32?/m1/s1. The number of alkyl halides is 2. The van der Waals surface area contributed by atoms with Gasteiger partial charge in [0.15, 0.2) is 11.9 Å². The molecule has 2 unspecified atom stereocenters. The number of anilines is 1. The second kappa shape index (κ2) is 19.6. The van der Waals surface area contributed by atoms with E-state index in [-0.39, 0.29) is 49.8 Å². The van der Waals surface area contributed by atoms with Crippen molar-refractivity contribution in [3.8, 4) is 5.75 Å². The van der Waals surface area contributed by atoms with Gasteiger partial charge in [-0.1, -0.05) is 78.9 Å². The molecule has 304 valence electrons. The SMILES string of the molecule is CN(C)C(=O)OCc1ccc(O[C@H]2C[C@@H](O)[C@H](O)[C@@H](C(=O)O)O2)c(NC(=O)CCNC(=O)C(I)NCC(=O)C(C)(C)CC(C)(C)C(I)N2C(=O)C=CC2=O)c1. The summed E-state index contributed by atoms with van der Waals surface area (Å²) >= 11 is 3.87. The zero-order valence-corrected chi connectivity index (χ0v) is 35.5. The third-order valence-electron chi connectivity index (χ3n) is 8.67. The van der Waals surface area contributed by atoms with Crippen LogP contribution in [0.5, 0.6) is 5.75 Å². The zero-order chi connectivity index (χ0) is 41.4. The highest BCUT2D eigenvalue weighted by molar-refractivity contribution is 14.1. The molecule has 6 N–H and O–H groups in total. The molecule has 18 nitrogen and oxygen atoms in total. The number of amides is 5. The topological polar surface area (TPSA) is 250 Å². The van der Waals surface area contributed by atoms with Crippen LogP contribution in [0.1, 0.15) is 52.5 Å². The normalized spacial score (nSPS) is 21.1. The van der Waals surface area contributed by atoms with Crippen molar-refractivity contribution >= 4 is 92.3 Å². The van der Waals surface area contributed by atoms with E-state index in [1.165, 1.54) is 54.2 Å². The van der Waals surface area contributed by atoms with Gasteiger partial charge in [-0.2, -0.15) is 0 Å². The Bertz CT molecular complexity index is 1650. The van der Waals surface area contributed by atoms with Gasteiger partial charge in [0.1, 0.15) is 22.5 Å². The zero-order valence-electron chi connectivity index (χ0n) is 31.2. The van der Waals surface area contributed by atoms with Crippen molar-refractivity contribution in [2.75, 3.05) is 32.5 Å². The molecule has 1 aromatic rings. The average molecular weight is 1000 g/mol. The molecule has 20 heteroatoms. The van der Waals surface area contributed by atoms with Gasteiger partial charge >= 0.3 is 12.1 Å². The highest BCUT2D eigenvalue weighted by Crippen LogP contribution is 2.42. The minimum Gasteiger partial charge on any atom is -0.479 e. The molecule has 6 atom stereocenters. The smallest absolute Gasteiger partial charge is 0.409 e. The Labute approximate surface area is 345 Å². The molecule has 0 radical (unpaired) electrons. The monoisotopic (exact) mass is 999 g/mol. The molecule has 55 heavy (non-hydrogen) atoms. The third kappa shape index (κ3) is 12.8. The van der Waals surface area contributed by atoms with E-state index in [1.807, 2.05) is 59.0 Å². The average Bonchev–Trinajstić information content (AvgIpc) is 3.43. The maximum atomic E-state index is 13.3. The van der Waals surface area contributed by atoms with Crippen LogP contribution in [0.3, 0.4) is 0 Å². The summed E-state index contributed by atoms with van der Waals surface area (Å²) < 4.78 is 15.0. The number of benzene rings is 1. The summed E-state index contributed by atoms with van der Waals surface area (Å²) in [7, 11) is 3.02. The number of ether oxygens (including phenoxy) is 3. The molecule has 3 rings (SSSR count). The van der Waals surface area contributed by atoms with Crippen molar-refractivity contribution in [3.63, 3.8) is 0 Å². The summed E-state index contributed by atoms with van der Waals surface area (Å²) in [5.41, 5.74) is -0.948. The lowest BCUT2D eigenvalue weighted by atomic mass is 9.72. The number of Topliss-reactive ketones (excluding diaryl/α,β-unsaturated/α-hetero) is 1. The van der Waals surface area contributed by atoms with Gasteiger partial charge < -0.3 is 45.1 Å². The van der Waals surface area contributed by atoms with Gasteiger partial charge in [-0.25, -0.2) is 9.59 Å². The molecular formula is C35H47I2N5O13. The first-order valence-corrected chi connectivity index (χ1v) is 19.6. The molecule has 1 saturated heterocycles. The molecule has 1 fully saturated rings. The van der Waals surface area contributed by atoms with Crippen LogP contribution in [0.2, 0.25) is 0 Å². The first-order chi connectivity index (χ1) is 25.5. The molecule has 1 aromatic carbocycles. The first-order valence-electron chi connectivity index (χ1n) is 17.1. The third-order valence-corrected chi connectivity index (χ3v) is 11.9. The van der Waals surface area contributed by atoms with Gasteiger partial charge in [-0.15, -0.1) is 0 Å². The van der Waals surface area contributed by atoms with Crippen LogP contribution in [0.15, 0.2) is 30.4 Å². The fraction of sp³-hybridized carbons (Fsp3) is 0.571. The molecule has 2 heterocycles. The number of carbonyl (C=O) groups excluding carboxylic acids is 6. The lowest BCUT2D eigenvalue weighted by Crippen LogP contribution is -2.53. The van der Waals surface area contributed by atoms with Crippen molar-refractivity contribution in [2.24, 2.45) is 10.8 Å². The lowest BCUT2D eigenvalue weighted by Gasteiger charge is -2.40. The number of aliphatic hydroxyl groups is 2. The Hall–Kier alpha value is -3.45. The van der Waals surface area contributed by atoms with Crippen LogP contribution >= 0.6 is 45.2 Å². The number of nitrogens with one attached hydrogen (secondary N) is 3. The number of nitrogens with zero attached hydrogens (tertiary/aromatic N) is 2. The van der Waals surface area contributed by atoms with Crippen molar-refractivity contribution in [3.05, 3.63) is 35.9 Å². The fourth-order valence-electron chi connectivity index (χ4n) is 5.82. The summed E-state index contributed by atoms with van der Waals surface area (Å²) in [6, 6.07) is 4.43. The summed E-state index contributed by atoms with van der Waals surface area (Å²) in [6.45, 7) is 6.88. The van der Waals surface area contributed by atoms with Gasteiger partial charge in [0.25, 0.3) is 11.8 Å². The maximum absolute atomic E-state index is 13.3. The van der Waals surface area contributed by atoms with Gasteiger partial charge in [-0.05, 0) is 29.5 Å². The van der Waals surface area contributed by atoms with Crippen molar-refractivity contribution in [1.29, 1.82) is 0 Å². The van der Waals surface area contributed by atoms with Gasteiger partial charge in [-0.3, -0.25) is 34.2 Å². The van der Waals surface area contributed by atoms with E-state index in [0.717, 1.165) is 0 Å². The van der Waals surface area contributed by atoms with Crippen LogP contribution in [-0.4, -0.2) is 126 Å². The second-order valence-corrected chi connectivity index (χ2v) is 17.0. The summed E-state index contributed by atoms with van der Waals surface area (Å²) in [4.78, 5) is 89.5. The largest absolute Gasteiger partial charge is 0.479 e. The lowest BCUT2D eigenvalue weighted by molar-refractivity contribution is -0.228. The van der Waals surface area contributed by atoms with Crippen molar-refractivity contribution in [2.45, 2.75) is 86.3 Å². The number of carboxylic acids is 1. The number of rotatable bonds is 18. The number of hydrogen-bond acceptors (Lipinski definition) is 13. The predicted molar refractivity (Wildman–Crippen MR) is 212 cm³/mol. The van der Waals surface area contributed by atoms with Gasteiger partial charge in [0.05, 0.1) is 22.4 Å². The molecule has 0 spiro atoms. The maximum Gasteiger partial charge on any atom is 0.409 e. The molecule has 0 aliphatic carbocycles. The van der Waals surface area contributed by atoms with Gasteiger partial charge in [0.2, 0.25) is 18.1 Å². The fourth-order valence-corrected chi connectivity index (χ4v) is 7.03. The minimum absolute atomic E-state index is 0.0225. The van der Waals surface area contributed by atoms with Crippen LogP contribution < -0.4 is 20.7 Å². The summed E-state index contributed by atoms with van der Waals surface area (Å²) in [6.07, 6.45) is -4.53. The number of carboxylic acid groups (broad SMARTS) is 1. The summed E-state index contributed by atoms with van der Waals surface area (Å²) in [5.74, 6) is -3.52. The van der Waals surface area contributed by atoms with E-state index >= 15 is 0 Å². The number of hydrogen-bond donors (Lipinski definition) is 6. The van der Waals surface area contributed by atoms with Crippen LogP contribution in [0, 0.1) is 10.8 Å². The van der Waals surface area contributed by atoms with Gasteiger partial charge in [0, 0.05) is 51.0 Å². The Morgan fingerprint density at radius 1 is 1.05 bits per heavy atom. The number of imide groups is 1. The van der Waals surface area contributed by atoms with Crippen LogP contribution in [0.25, 0.3) is 0 Å². The molecular weight excluding hydrogens is 952 g/mol. The predicted octanol–water partition coefficient (Wildman–Crippen LogP) is 1.68. The van der Waals surface area contributed by atoms with E-state index < -0.39 is 79.2 Å². The molecule has 0 bridgehead atoms. The van der Waals surface area contributed by atoms with E-state index in [9.17, 15) is 48.9 Å². The van der Waals surface area contributed by atoms with E-state index in [2.05, 4.69) is 16.0 Å².